The number of benzene rings is 2. The zero-order valence-electron chi connectivity index (χ0n) is 11.0. The van der Waals surface area contributed by atoms with Crippen molar-refractivity contribution in [2.24, 2.45) is 0 Å². The maximum atomic E-state index is 13.1. The van der Waals surface area contributed by atoms with Gasteiger partial charge >= 0.3 is 0 Å². The van der Waals surface area contributed by atoms with E-state index < -0.39 is 11.6 Å². The summed E-state index contributed by atoms with van der Waals surface area (Å²) in [6, 6.07) is 13.6. The van der Waals surface area contributed by atoms with Crippen LogP contribution in [-0.4, -0.2) is 4.98 Å². The van der Waals surface area contributed by atoms with Crippen molar-refractivity contribution in [3.05, 3.63) is 70.6 Å². The Labute approximate surface area is 125 Å². The van der Waals surface area contributed by atoms with E-state index in [1.807, 2.05) is 35.7 Å². The minimum Gasteiger partial charge on any atom is -0.378 e. The van der Waals surface area contributed by atoms with Crippen LogP contribution in [0.5, 0.6) is 0 Å². The van der Waals surface area contributed by atoms with E-state index in [0.29, 0.717) is 12.2 Å². The SMILES string of the molecule is Fc1ccc(NCc2nc(-c3ccccc3)cs2)cc1F. The lowest BCUT2D eigenvalue weighted by Crippen LogP contribution is -1.99. The van der Waals surface area contributed by atoms with Crippen molar-refractivity contribution in [1.82, 2.24) is 4.98 Å². The second-order valence-electron chi connectivity index (χ2n) is 4.47. The molecule has 3 aromatic rings. The van der Waals surface area contributed by atoms with Gasteiger partial charge < -0.3 is 5.32 Å². The summed E-state index contributed by atoms with van der Waals surface area (Å²) in [4.78, 5) is 4.52. The topological polar surface area (TPSA) is 24.9 Å². The van der Waals surface area contributed by atoms with Gasteiger partial charge in [0.15, 0.2) is 11.6 Å². The lowest BCUT2D eigenvalue weighted by molar-refractivity contribution is 0.509. The van der Waals surface area contributed by atoms with Crippen molar-refractivity contribution < 1.29 is 8.78 Å². The Balaban J connectivity index is 1.69. The van der Waals surface area contributed by atoms with E-state index in [1.165, 1.54) is 17.4 Å². The van der Waals surface area contributed by atoms with Crippen molar-refractivity contribution >= 4 is 17.0 Å². The van der Waals surface area contributed by atoms with Crippen LogP contribution in [0.1, 0.15) is 5.01 Å². The van der Waals surface area contributed by atoms with Gasteiger partial charge in [0, 0.05) is 22.7 Å². The molecular formula is C16H12F2N2S. The Morgan fingerprint density at radius 1 is 1.00 bits per heavy atom. The number of thiazole rings is 1. The van der Waals surface area contributed by atoms with E-state index in [2.05, 4.69) is 10.3 Å². The van der Waals surface area contributed by atoms with Crippen molar-refractivity contribution in [1.29, 1.82) is 0 Å². The zero-order valence-corrected chi connectivity index (χ0v) is 11.8. The Kier molecular flexibility index (Phi) is 3.92. The highest BCUT2D eigenvalue weighted by atomic mass is 32.1. The van der Waals surface area contributed by atoms with Crippen molar-refractivity contribution in [2.75, 3.05) is 5.32 Å². The number of nitrogens with one attached hydrogen (secondary N) is 1. The van der Waals surface area contributed by atoms with E-state index in [0.717, 1.165) is 28.4 Å². The highest BCUT2D eigenvalue weighted by Gasteiger charge is 2.05. The molecule has 21 heavy (non-hydrogen) atoms. The molecule has 0 radical (unpaired) electrons. The molecule has 0 bridgehead atoms. The van der Waals surface area contributed by atoms with Crippen LogP contribution < -0.4 is 5.32 Å². The average Bonchev–Trinajstić information content (AvgIpc) is 2.98. The summed E-state index contributed by atoms with van der Waals surface area (Å²) < 4.78 is 25.9. The highest BCUT2D eigenvalue weighted by Crippen LogP contribution is 2.22. The monoisotopic (exact) mass is 302 g/mol. The number of aromatic nitrogens is 1. The first-order chi connectivity index (χ1) is 10.2. The van der Waals surface area contributed by atoms with Gasteiger partial charge in [0.05, 0.1) is 12.2 Å². The van der Waals surface area contributed by atoms with Crippen molar-refractivity contribution in [3.8, 4) is 11.3 Å². The Bertz CT molecular complexity index is 741. The summed E-state index contributed by atoms with van der Waals surface area (Å²) >= 11 is 1.53. The van der Waals surface area contributed by atoms with Crippen LogP contribution in [0.15, 0.2) is 53.9 Å². The molecule has 2 nitrogen and oxygen atoms in total. The van der Waals surface area contributed by atoms with Crippen LogP contribution >= 0.6 is 11.3 Å². The van der Waals surface area contributed by atoms with E-state index in [4.69, 9.17) is 0 Å². The van der Waals surface area contributed by atoms with E-state index in [9.17, 15) is 8.78 Å². The van der Waals surface area contributed by atoms with Crippen LogP contribution in [0.2, 0.25) is 0 Å². The van der Waals surface area contributed by atoms with Crippen LogP contribution in [0, 0.1) is 11.6 Å². The van der Waals surface area contributed by atoms with E-state index >= 15 is 0 Å². The molecule has 2 aromatic carbocycles. The molecule has 0 amide bonds. The lowest BCUT2D eigenvalue weighted by Gasteiger charge is -2.04. The third-order valence-corrected chi connectivity index (χ3v) is 3.83. The lowest BCUT2D eigenvalue weighted by atomic mass is 10.2. The molecule has 5 heteroatoms. The predicted octanol–water partition coefficient (Wildman–Crippen LogP) is 4.70. The maximum absolute atomic E-state index is 13.1. The molecule has 0 spiro atoms. The van der Waals surface area contributed by atoms with Gasteiger partial charge in [-0.05, 0) is 12.1 Å². The highest BCUT2D eigenvalue weighted by molar-refractivity contribution is 7.09. The normalized spacial score (nSPS) is 10.6. The van der Waals surface area contributed by atoms with E-state index in [1.54, 1.807) is 0 Å². The summed E-state index contributed by atoms with van der Waals surface area (Å²) in [5, 5.41) is 5.91. The Morgan fingerprint density at radius 3 is 2.57 bits per heavy atom. The van der Waals surface area contributed by atoms with Crippen LogP contribution in [0.4, 0.5) is 14.5 Å². The van der Waals surface area contributed by atoms with Crippen molar-refractivity contribution in [3.63, 3.8) is 0 Å². The predicted molar refractivity (Wildman–Crippen MR) is 81.2 cm³/mol. The summed E-state index contributed by atoms with van der Waals surface area (Å²) in [7, 11) is 0. The standard InChI is InChI=1S/C16H12F2N2S/c17-13-7-6-12(8-14(13)18)19-9-16-20-15(10-21-16)11-4-2-1-3-5-11/h1-8,10,19H,9H2. The second-order valence-corrected chi connectivity index (χ2v) is 5.42. The molecule has 0 aliphatic carbocycles. The third-order valence-electron chi connectivity index (χ3n) is 2.98. The number of anilines is 1. The minimum absolute atomic E-state index is 0.475. The van der Waals surface area contributed by atoms with Gasteiger partial charge in [-0.25, -0.2) is 13.8 Å². The first-order valence-corrected chi connectivity index (χ1v) is 7.29. The molecule has 0 saturated carbocycles. The third kappa shape index (κ3) is 3.25. The number of halogens is 2. The molecule has 0 aliphatic rings. The smallest absolute Gasteiger partial charge is 0.160 e. The van der Waals surface area contributed by atoms with Gasteiger partial charge in [0.2, 0.25) is 0 Å². The minimum atomic E-state index is -0.857. The van der Waals surface area contributed by atoms with Crippen molar-refractivity contribution in [2.45, 2.75) is 6.54 Å². The number of hydrogen-bond donors (Lipinski definition) is 1. The number of hydrogen-bond acceptors (Lipinski definition) is 3. The summed E-state index contributed by atoms with van der Waals surface area (Å²) in [5.41, 5.74) is 2.51. The zero-order chi connectivity index (χ0) is 14.7. The molecule has 0 aliphatic heterocycles. The summed E-state index contributed by atoms with van der Waals surface area (Å²) in [6.45, 7) is 0.475. The first-order valence-electron chi connectivity index (χ1n) is 6.41. The second kappa shape index (κ2) is 6.01. The Hall–Kier alpha value is -2.27. The molecule has 3 rings (SSSR count). The van der Waals surface area contributed by atoms with E-state index in [-0.39, 0.29) is 0 Å². The van der Waals surface area contributed by atoms with Crippen LogP contribution in [0.3, 0.4) is 0 Å². The molecule has 0 fully saturated rings. The molecule has 1 heterocycles. The molecule has 106 valence electrons. The fraction of sp³-hybridized carbons (Fsp3) is 0.0625. The average molecular weight is 302 g/mol. The largest absolute Gasteiger partial charge is 0.378 e. The summed E-state index contributed by atoms with van der Waals surface area (Å²) in [5.74, 6) is -1.70. The fourth-order valence-corrected chi connectivity index (χ4v) is 2.66. The molecule has 1 N–H and O–H groups in total. The maximum Gasteiger partial charge on any atom is 0.160 e. The van der Waals surface area contributed by atoms with Gasteiger partial charge in [-0.15, -0.1) is 11.3 Å². The van der Waals surface area contributed by atoms with Gasteiger partial charge in [-0.3, -0.25) is 0 Å². The molecular weight excluding hydrogens is 290 g/mol. The quantitative estimate of drug-likeness (QED) is 0.755. The Morgan fingerprint density at radius 2 is 1.81 bits per heavy atom. The molecule has 0 unspecified atom stereocenters. The molecule has 0 saturated heterocycles. The van der Waals surface area contributed by atoms with Crippen LogP contribution in [-0.2, 0) is 6.54 Å². The van der Waals surface area contributed by atoms with Gasteiger partial charge in [0.25, 0.3) is 0 Å². The van der Waals surface area contributed by atoms with Gasteiger partial charge in [0.1, 0.15) is 5.01 Å². The number of rotatable bonds is 4. The van der Waals surface area contributed by atoms with Crippen LogP contribution in [0.25, 0.3) is 11.3 Å². The van der Waals surface area contributed by atoms with Gasteiger partial charge in [-0.2, -0.15) is 0 Å². The number of nitrogens with zero attached hydrogens (tertiary/aromatic N) is 1. The fourth-order valence-electron chi connectivity index (χ4n) is 1.92. The molecule has 0 atom stereocenters. The molecule has 1 aromatic heterocycles. The van der Waals surface area contributed by atoms with Gasteiger partial charge in [-0.1, -0.05) is 30.3 Å². The summed E-state index contributed by atoms with van der Waals surface area (Å²) in [6.07, 6.45) is 0. The first kappa shape index (κ1) is 13.7.